The Hall–Kier alpha value is -5.15. The molecule has 5 aromatic rings. The third-order valence-corrected chi connectivity index (χ3v) is 27.5. The second-order valence-electron chi connectivity index (χ2n) is 35.9. The van der Waals surface area contributed by atoms with Crippen LogP contribution in [0.4, 0.5) is 23.5 Å². The molecule has 0 aliphatic heterocycles. The van der Waals surface area contributed by atoms with Gasteiger partial charge in [0.15, 0.2) is 0 Å². The summed E-state index contributed by atoms with van der Waals surface area (Å²) in [5.74, 6) is 7.42. The van der Waals surface area contributed by atoms with Crippen LogP contribution in [0.1, 0.15) is 388 Å². The first kappa shape index (κ1) is 118. The summed E-state index contributed by atoms with van der Waals surface area (Å²) >= 11 is 21.2. The molecule has 5 aliphatic rings. The molecular formula is C105H165F5O10S5. The van der Waals surface area contributed by atoms with Crippen LogP contribution >= 0.6 is 63.1 Å². The minimum atomic E-state index is -0.0556. The minimum Gasteiger partial charge on any atom is -0.426 e. The van der Waals surface area contributed by atoms with Crippen molar-refractivity contribution in [2.75, 3.05) is 0 Å². The van der Waals surface area contributed by atoms with Gasteiger partial charge >= 0.3 is 29.8 Å². The van der Waals surface area contributed by atoms with Crippen molar-refractivity contribution in [2.45, 2.75) is 412 Å². The fraction of sp³-hybridized carbons (Fsp3) is 0.667. The maximum absolute atomic E-state index is 12.3. The number of rotatable bonds is 45. The lowest BCUT2D eigenvalue weighted by Gasteiger charge is -2.27. The number of halogens is 5. The summed E-state index contributed by atoms with van der Waals surface area (Å²) in [6.45, 7) is 11.3. The molecule has 710 valence electrons. The Morgan fingerprint density at radius 2 is 0.320 bits per heavy atom. The summed E-state index contributed by atoms with van der Waals surface area (Å²) in [7, 11) is 0. The minimum absolute atomic E-state index is 0. The molecule has 0 aromatic heterocycles. The van der Waals surface area contributed by atoms with Gasteiger partial charge in [-0.05, 0) is 279 Å². The van der Waals surface area contributed by atoms with Crippen LogP contribution in [-0.2, 0) is 24.0 Å². The second kappa shape index (κ2) is 73.5. The van der Waals surface area contributed by atoms with Crippen LogP contribution in [0.15, 0.2) is 146 Å². The van der Waals surface area contributed by atoms with Crippen LogP contribution in [0, 0.1) is 59.2 Å². The van der Waals surface area contributed by atoms with Gasteiger partial charge < -0.3 is 23.7 Å². The molecule has 0 atom stereocenters. The van der Waals surface area contributed by atoms with E-state index < -0.39 is 0 Å². The average molecular weight is 1840 g/mol. The highest BCUT2D eigenvalue weighted by atomic mass is 32.1. The zero-order valence-corrected chi connectivity index (χ0v) is 81.5. The molecule has 0 bridgehead atoms. The molecule has 0 unspecified atom stereocenters. The summed E-state index contributed by atoms with van der Waals surface area (Å²) in [5.41, 5.74) is 0. The van der Waals surface area contributed by atoms with E-state index in [-0.39, 0.29) is 83.0 Å². The zero-order valence-electron chi connectivity index (χ0n) is 77.1. The second-order valence-corrected chi connectivity index (χ2v) is 38.5. The Bertz CT molecular complexity index is 2940. The summed E-state index contributed by atoms with van der Waals surface area (Å²) in [4.78, 5) is 65.8. The standard InChI is InChI=1S/5C21H32O2S.5FH/c5*1-2-3-4-5-6-7-8-17-9-11-18(12-10-17)21(22)23-19-13-15-20(24)16-14-19;;;;;/h5*13-18,24H,2-12H2,1H3;5*1H. The van der Waals surface area contributed by atoms with E-state index in [1.807, 2.05) is 121 Å². The predicted octanol–water partition coefficient (Wildman–Crippen LogP) is 33.0. The fourth-order valence-electron chi connectivity index (χ4n) is 18.1. The molecule has 5 aromatic carbocycles. The fourth-order valence-corrected chi connectivity index (χ4v) is 18.8. The van der Waals surface area contributed by atoms with E-state index in [4.69, 9.17) is 23.7 Å². The number of esters is 5. The van der Waals surface area contributed by atoms with Crippen molar-refractivity contribution in [3.05, 3.63) is 121 Å². The molecule has 0 radical (unpaired) electrons. The quantitative estimate of drug-likeness (QED) is 0.00844. The van der Waals surface area contributed by atoms with E-state index in [1.54, 1.807) is 0 Å². The van der Waals surface area contributed by atoms with Crippen molar-refractivity contribution in [3.63, 3.8) is 0 Å². The van der Waals surface area contributed by atoms with Crippen molar-refractivity contribution in [2.24, 2.45) is 59.2 Å². The van der Waals surface area contributed by atoms with E-state index in [2.05, 4.69) is 97.8 Å². The molecule has 0 amide bonds. The molecule has 0 N–H and O–H groups in total. The molecule has 20 heteroatoms. The Kier molecular flexibility index (Phi) is 69.3. The smallest absolute Gasteiger partial charge is 0.314 e. The lowest BCUT2D eigenvalue weighted by atomic mass is 9.80. The number of benzene rings is 5. The van der Waals surface area contributed by atoms with Gasteiger partial charge in [0.05, 0.1) is 29.6 Å². The number of carbonyl (C=O) groups is 5. The normalized spacial score (nSPS) is 19.9. The van der Waals surface area contributed by atoms with Crippen LogP contribution in [-0.4, -0.2) is 29.8 Å². The first-order valence-corrected chi connectivity index (χ1v) is 50.7. The summed E-state index contributed by atoms with van der Waals surface area (Å²) in [6, 6.07) is 36.6. The van der Waals surface area contributed by atoms with Crippen molar-refractivity contribution in [3.8, 4) is 28.7 Å². The third kappa shape index (κ3) is 53.1. The number of ether oxygens (including phenoxy) is 5. The molecule has 0 heterocycles. The Morgan fingerprint density at radius 3 is 0.448 bits per heavy atom. The van der Waals surface area contributed by atoms with E-state index in [9.17, 15) is 24.0 Å². The molecule has 125 heavy (non-hydrogen) atoms. The molecular weight excluding hydrogens is 1680 g/mol. The Morgan fingerprint density at radius 1 is 0.200 bits per heavy atom. The van der Waals surface area contributed by atoms with Gasteiger partial charge in [-0.3, -0.25) is 47.5 Å². The van der Waals surface area contributed by atoms with Gasteiger partial charge in [0, 0.05) is 24.5 Å². The van der Waals surface area contributed by atoms with Gasteiger partial charge in [-0.25, -0.2) is 0 Å². The number of hydrogen-bond acceptors (Lipinski definition) is 15. The van der Waals surface area contributed by atoms with Crippen LogP contribution in [0.2, 0.25) is 0 Å². The van der Waals surface area contributed by atoms with Crippen molar-refractivity contribution in [1.82, 2.24) is 0 Å². The van der Waals surface area contributed by atoms with Gasteiger partial charge in [0.2, 0.25) is 0 Å². The first-order chi connectivity index (χ1) is 58.4. The Balaban J connectivity index is 0.000000774. The highest BCUT2D eigenvalue weighted by Gasteiger charge is 2.33. The molecule has 0 spiro atoms. The van der Waals surface area contributed by atoms with Crippen LogP contribution in [0.5, 0.6) is 28.7 Å². The van der Waals surface area contributed by atoms with Crippen molar-refractivity contribution in [1.29, 1.82) is 0 Å². The van der Waals surface area contributed by atoms with Gasteiger partial charge in [-0.2, -0.15) is 0 Å². The summed E-state index contributed by atoms with van der Waals surface area (Å²) in [6.07, 6.45) is 69.6. The lowest BCUT2D eigenvalue weighted by molar-refractivity contribution is -0.141. The number of thiol groups is 5. The number of unbranched alkanes of at least 4 members (excludes halogenated alkanes) is 25. The topological polar surface area (TPSA) is 132 Å². The molecule has 10 nitrogen and oxygen atoms in total. The zero-order chi connectivity index (χ0) is 86.0. The van der Waals surface area contributed by atoms with E-state index in [1.165, 1.54) is 289 Å². The lowest BCUT2D eigenvalue weighted by Crippen LogP contribution is -2.25. The predicted molar refractivity (Wildman–Crippen MR) is 526 cm³/mol. The monoisotopic (exact) mass is 1840 g/mol. The van der Waals surface area contributed by atoms with E-state index in [0.29, 0.717) is 28.7 Å². The molecule has 5 saturated carbocycles. The Labute approximate surface area is 780 Å². The molecule has 0 saturated heterocycles. The van der Waals surface area contributed by atoms with E-state index >= 15 is 0 Å². The van der Waals surface area contributed by atoms with Gasteiger partial charge in [0.1, 0.15) is 28.7 Å². The van der Waals surface area contributed by atoms with Gasteiger partial charge in [-0.1, -0.05) is 259 Å². The molecule has 5 fully saturated rings. The highest BCUT2D eigenvalue weighted by molar-refractivity contribution is 7.81. The van der Waals surface area contributed by atoms with Crippen LogP contribution in [0.3, 0.4) is 0 Å². The van der Waals surface area contributed by atoms with Crippen LogP contribution < -0.4 is 23.7 Å². The first-order valence-electron chi connectivity index (χ1n) is 48.5. The number of hydrogen-bond donors (Lipinski definition) is 5. The average Bonchev–Trinajstić information content (AvgIpc) is 0.887. The third-order valence-electron chi connectivity index (χ3n) is 26.0. The highest BCUT2D eigenvalue weighted by Crippen LogP contribution is 2.39. The molecule has 10 rings (SSSR count). The van der Waals surface area contributed by atoms with Crippen molar-refractivity contribution >= 4 is 93.0 Å². The van der Waals surface area contributed by atoms with Crippen molar-refractivity contribution < 1.29 is 71.2 Å². The summed E-state index contributed by atoms with van der Waals surface area (Å²) in [5, 5.41) is 0. The summed E-state index contributed by atoms with van der Waals surface area (Å²) < 4.78 is 27.5. The van der Waals surface area contributed by atoms with E-state index in [0.717, 1.165) is 118 Å². The largest absolute Gasteiger partial charge is 0.426 e. The van der Waals surface area contributed by atoms with Crippen LogP contribution in [0.25, 0.3) is 0 Å². The maximum Gasteiger partial charge on any atom is 0.314 e. The molecule has 5 aliphatic carbocycles. The number of carbonyl (C=O) groups excluding carboxylic acids is 5. The maximum atomic E-state index is 12.3. The van der Waals surface area contributed by atoms with Gasteiger partial charge in [0.25, 0.3) is 0 Å². The van der Waals surface area contributed by atoms with Gasteiger partial charge in [-0.15, -0.1) is 63.1 Å². The SMILES string of the molecule is CCCCCCCCC1CCC(C(=O)Oc2ccc(S)cc2)CC1.CCCCCCCCC1CCC(C(=O)Oc2ccc(S)cc2)CC1.CCCCCCCCC1CCC(C(=O)Oc2ccc(S)cc2)CC1.CCCCCCCCC1CCC(C(=O)Oc2ccc(S)cc2)CC1.CCCCCCCCC1CCC(C(=O)Oc2ccc(S)cc2)CC1.F.F.F.F.F.